The van der Waals surface area contributed by atoms with Gasteiger partial charge in [0.05, 0.1) is 17.7 Å². The molecule has 10 nitrogen and oxygen atoms in total. The van der Waals surface area contributed by atoms with Crippen molar-refractivity contribution in [3.63, 3.8) is 0 Å². The molecule has 3 aliphatic rings. The normalized spacial score (nSPS) is 21.5. The van der Waals surface area contributed by atoms with Gasteiger partial charge in [0.1, 0.15) is 17.8 Å². The van der Waals surface area contributed by atoms with Gasteiger partial charge in [-0.3, -0.25) is 14.5 Å². The average molecular weight is 485 g/mol. The average Bonchev–Trinajstić information content (AvgIpc) is 3.49. The SMILES string of the molecule is COc1ccc(S(=O)(=O)NC2CC2)cc1NC(=O)CN1C(=O)N[C@]2(CCc3ccccc32)C1=O. The van der Waals surface area contributed by atoms with Crippen LogP contribution in [0, 0.1) is 0 Å². The van der Waals surface area contributed by atoms with E-state index in [0.29, 0.717) is 12.8 Å². The van der Waals surface area contributed by atoms with Gasteiger partial charge in [-0.15, -0.1) is 0 Å². The molecule has 1 saturated heterocycles. The molecule has 3 N–H and O–H groups in total. The van der Waals surface area contributed by atoms with E-state index in [0.717, 1.165) is 28.9 Å². The predicted octanol–water partition coefficient (Wildman–Crippen LogP) is 1.47. The van der Waals surface area contributed by atoms with Gasteiger partial charge in [-0.1, -0.05) is 24.3 Å². The molecule has 0 aromatic heterocycles. The monoisotopic (exact) mass is 484 g/mol. The second-order valence-electron chi connectivity index (χ2n) is 8.69. The Labute approximate surface area is 196 Å². The molecule has 1 atom stereocenters. The molecule has 4 amide bonds. The number of rotatable bonds is 7. The first-order chi connectivity index (χ1) is 16.2. The van der Waals surface area contributed by atoms with E-state index in [1.807, 2.05) is 24.3 Å². The van der Waals surface area contributed by atoms with Crippen LogP contribution in [-0.2, 0) is 31.6 Å². The number of nitrogens with zero attached hydrogens (tertiary/aromatic N) is 1. The Hall–Kier alpha value is -3.44. The quantitative estimate of drug-likeness (QED) is 0.510. The van der Waals surface area contributed by atoms with Crippen LogP contribution in [0.5, 0.6) is 5.75 Å². The van der Waals surface area contributed by atoms with Crippen molar-refractivity contribution in [1.82, 2.24) is 14.9 Å². The third kappa shape index (κ3) is 3.80. The van der Waals surface area contributed by atoms with Crippen LogP contribution in [0.4, 0.5) is 10.5 Å². The van der Waals surface area contributed by atoms with Crippen LogP contribution in [0.3, 0.4) is 0 Å². The Balaban J connectivity index is 1.34. The van der Waals surface area contributed by atoms with Crippen molar-refractivity contribution in [1.29, 1.82) is 0 Å². The Bertz CT molecular complexity index is 1310. The molecule has 34 heavy (non-hydrogen) atoms. The predicted molar refractivity (Wildman–Crippen MR) is 122 cm³/mol. The van der Waals surface area contributed by atoms with Crippen molar-refractivity contribution < 1.29 is 27.5 Å². The summed E-state index contributed by atoms with van der Waals surface area (Å²) in [6.45, 7) is -0.519. The lowest BCUT2D eigenvalue weighted by atomic mass is 9.92. The summed E-state index contributed by atoms with van der Waals surface area (Å²) in [4.78, 5) is 39.6. The molecular formula is C23H24N4O6S. The molecule has 1 spiro atoms. The van der Waals surface area contributed by atoms with Gasteiger partial charge in [-0.25, -0.2) is 17.9 Å². The minimum atomic E-state index is -3.75. The first kappa shape index (κ1) is 22.4. The van der Waals surface area contributed by atoms with Gasteiger partial charge >= 0.3 is 6.03 Å². The smallest absolute Gasteiger partial charge is 0.325 e. The number of hydrogen-bond donors (Lipinski definition) is 3. The van der Waals surface area contributed by atoms with Crippen LogP contribution >= 0.6 is 0 Å². The molecule has 0 bridgehead atoms. The molecule has 2 aromatic carbocycles. The zero-order valence-corrected chi connectivity index (χ0v) is 19.3. The number of aryl methyl sites for hydroxylation is 1. The molecular weight excluding hydrogens is 460 g/mol. The number of urea groups is 1. The van der Waals surface area contributed by atoms with Crippen molar-refractivity contribution in [2.45, 2.75) is 42.2 Å². The van der Waals surface area contributed by atoms with Crippen molar-refractivity contribution >= 4 is 33.6 Å². The minimum absolute atomic E-state index is 0.0213. The van der Waals surface area contributed by atoms with Gasteiger partial charge in [0.25, 0.3) is 5.91 Å². The highest BCUT2D eigenvalue weighted by molar-refractivity contribution is 7.89. The molecule has 11 heteroatoms. The Morgan fingerprint density at radius 3 is 2.71 bits per heavy atom. The number of anilines is 1. The van der Waals surface area contributed by atoms with Crippen molar-refractivity contribution in [3.8, 4) is 5.75 Å². The highest BCUT2D eigenvalue weighted by Gasteiger charge is 2.55. The topological polar surface area (TPSA) is 134 Å². The van der Waals surface area contributed by atoms with Crippen LogP contribution in [0.25, 0.3) is 0 Å². The van der Waals surface area contributed by atoms with Gasteiger partial charge in [-0.05, 0) is 55.0 Å². The van der Waals surface area contributed by atoms with Crippen LogP contribution < -0.4 is 20.1 Å². The van der Waals surface area contributed by atoms with Gasteiger partial charge < -0.3 is 15.4 Å². The number of imide groups is 1. The molecule has 0 radical (unpaired) electrons. The lowest BCUT2D eigenvalue weighted by Gasteiger charge is -2.22. The maximum absolute atomic E-state index is 13.3. The molecule has 5 rings (SSSR count). The summed E-state index contributed by atoms with van der Waals surface area (Å²) in [6.07, 6.45) is 2.65. The second-order valence-corrected chi connectivity index (χ2v) is 10.4. The lowest BCUT2D eigenvalue weighted by Crippen LogP contribution is -2.43. The maximum atomic E-state index is 13.3. The van der Waals surface area contributed by atoms with E-state index in [-0.39, 0.29) is 22.4 Å². The van der Waals surface area contributed by atoms with Crippen LogP contribution in [0.2, 0.25) is 0 Å². The van der Waals surface area contributed by atoms with E-state index in [2.05, 4.69) is 15.4 Å². The third-order valence-electron chi connectivity index (χ3n) is 6.38. The number of nitrogens with one attached hydrogen (secondary N) is 3. The number of carbonyl (C=O) groups excluding carboxylic acids is 3. The van der Waals surface area contributed by atoms with E-state index >= 15 is 0 Å². The van der Waals surface area contributed by atoms with Crippen LogP contribution in [0.1, 0.15) is 30.4 Å². The summed E-state index contributed by atoms with van der Waals surface area (Å²) in [5, 5.41) is 5.35. The molecule has 1 aliphatic heterocycles. The van der Waals surface area contributed by atoms with Gasteiger partial charge in [0, 0.05) is 6.04 Å². The maximum Gasteiger partial charge on any atom is 0.325 e. The van der Waals surface area contributed by atoms with E-state index in [9.17, 15) is 22.8 Å². The summed E-state index contributed by atoms with van der Waals surface area (Å²) in [5.41, 5.74) is 0.705. The third-order valence-corrected chi connectivity index (χ3v) is 7.90. The summed E-state index contributed by atoms with van der Waals surface area (Å²) < 4.78 is 32.9. The van der Waals surface area contributed by atoms with Crippen molar-refractivity contribution in [2.75, 3.05) is 19.0 Å². The summed E-state index contributed by atoms with van der Waals surface area (Å²) >= 11 is 0. The highest BCUT2D eigenvalue weighted by Crippen LogP contribution is 2.41. The minimum Gasteiger partial charge on any atom is -0.495 e. The van der Waals surface area contributed by atoms with E-state index in [4.69, 9.17) is 4.74 Å². The number of methoxy groups -OCH3 is 1. The Morgan fingerprint density at radius 1 is 1.21 bits per heavy atom. The zero-order valence-electron chi connectivity index (χ0n) is 18.5. The van der Waals surface area contributed by atoms with E-state index < -0.39 is 40.0 Å². The Morgan fingerprint density at radius 2 is 1.97 bits per heavy atom. The van der Waals surface area contributed by atoms with Crippen molar-refractivity contribution in [3.05, 3.63) is 53.6 Å². The number of sulfonamides is 1. The number of amides is 4. The molecule has 2 aromatic rings. The van der Waals surface area contributed by atoms with E-state index in [1.165, 1.54) is 25.3 Å². The molecule has 178 valence electrons. The largest absolute Gasteiger partial charge is 0.495 e. The molecule has 2 aliphatic carbocycles. The Kier molecular flexibility index (Phi) is 5.33. The number of carbonyl (C=O) groups is 3. The van der Waals surface area contributed by atoms with Gasteiger partial charge in [0.15, 0.2) is 0 Å². The van der Waals surface area contributed by atoms with E-state index in [1.54, 1.807) is 0 Å². The number of fused-ring (bicyclic) bond motifs is 2. The molecule has 1 saturated carbocycles. The number of benzene rings is 2. The van der Waals surface area contributed by atoms with Gasteiger partial charge in [-0.2, -0.15) is 0 Å². The van der Waals surface area contributed by atoms with Crippen molar-refractivity contribution in [2.24, 2.45) is 0 Å². The number of ether oxygens (including phenoxy) is 1. The first-order valence-corrected chi connectivity index (χ1v) is 12.4. The summed E-state index contributed by atoms with van der Waals surface area (Å²) in [5.74, 6) is -0.888. The molecule has 1 heterocycles. The van der Waals surface area contributed by atoms with Gasteiger partial charge in [0.2, 0.25) is 15.9 Å². The highest BCUT2D eigenvalue weighted by atomic mass is 32.2. The molecule has 2 fully saturated rings. The fraction of sp³-hybridized carbons (Fsp3) is 0.348. The standard InChI is InChI=1S/C23H24N4O6S/c1-33-19-9-8-16(34(31,32)26-15-6-7-15)12-18(19)24-20(28)13-27-21(29)23(25-22(27)30)11-10-14-4-2-3-5-17(14)23/h2-5,8-9,12,15,26H,6-7,10-11,13H2,1H3,(H,24,28)(H,25,30)/t23-/m0/s1. The zero-order chi connectivity index (χ0) is 24.1. The summed E-state index contributed by atoms with van der Waals surface area (Å²) in [7, 11) is -2.36. The van der Waals surface area contributed by atoms with Crippen LogP contribution in [-0.4, -0.2) is 50.9 Å². The fourth-order valence-corrected chi connectivity index (χ4v) is 5.84. The summed E-state index contributed by atoms with van der Waals surface area (Å²) in [6, 6.07) is 10.8. The van der Waals surface area contributed by atoms with Crippen LogP contribution in [0.15, 0.2) is 47.4 Å². The molecule has 0 unspecified atom stereocenters. The fourth-order valence-electron chi connectivity index (χ4n) is 4.51. The number of hydrogen-bond acceptors (Lipinski definition) is 6. The first-order valence-electron chi connectivity index (χ1n) is 11.0. The second kappa shape index (κ2) is 8.10. The lowest BCUT2D eigenvalue weighted by molar-refractivity contribution is -0.134.